The molecule has 0 radical (unpaired) electrons. The Morgan fingerprint density at radius 2 is 2.20 bits per heavy atom. The van der Waals surface area contributed by atoms with Crippen molar-refractivity contribution in [2.45, 2.75) is 26.2 Å². The number of carbonyl (C=O) groups is 1. The normalized spacial score (nSPS) is 10.0. The van der Waals surface area contributed by atoms with Gasteiger partial charge in [-0.3, -0.25) is 4.79 Å². The standard InChI is InChI=1S/C12H16O3/c1-3-4-9-5-6-11(15-2)10(7-9)8-12(13)14/h5-7H,3-4,8H2,1-2H3,(H,13,14). The number of hydrogen-bond donors (Lipinski definition) is 1. The van der Waals surface area contributed by atoms with Gasteiger partial charge in [-0.2, -0.15) is 0 Å². The van der Waals surface area contributed by atoms with E-state index in [4.69, 9.17) is 9.84 Å². The van der Waals surface area contributed by atoms with Gasteiger partial charge in [0.1, 0.15) is 5.75 Å². The van der Waals surface area contributed by atoms with Gasteiger partial charge in [-0.05, 0) is 18.1 Å². The molecule has 0 saturated carbocycles. The van der Waals surface area contributed by atoms with E-state index in [2.05, 4.69) is 6.92 Å². The second-order valence-corrected chi connectivity index (χ2v) is 3.47. The highest BCUT2D eigenvalue weighted by Gasteiger charge is 2.08. The van der Waals surface area contributed by atoms with E-state index in [1.54, 1.807) is 7.11 Å². The predicted molar refractivity (Wildman–Crippen MR) is 58.3 cm³/mol. The lowest BCUT2D eigenvalue weighted by atomic mass is 10.0. The molecule has 15 heavy (non-hydrogen) atoms. The zero-order chi connectivity index (χ0) is 11.3. The fraction of sp³-hybridized carbons (Fsp3) is 0.417. The van der Waals surface area contributed by atoms with Gasteiger partial charge in [0.2, 0.25) is 0 Å². The van der Waals surface area contributed by atoms with Crippen molar-refractivity contribution in [1.29, 1.82) is 0 Å². The van der Waals surface area contributed by atoms with Crippen LogP contribution in [0.4, 0.5) is 0 Å². The van der Waals surface area contributed by atoms with Crippen molar-refractivity contribution in [3.63, 3.8) is 0 Å². The summed E-state index contributed by atoms with van der Waals surface area (Å²) in [5, 5.41) is 8.75. The first-order valence-electron chi connectivity index (χ1n) is 5.05. The minimum Gasteiger partial charge on any atom is -0.496 e. The zero-order valence-corrected chi connectivity index (χ0v) is 9.12. The summed E-state index contributed by atoms with van der Waals surface area (Å²) in [6.45, 7) is 2.10. The molecule has 0 saturated heterocycles. The minimum absolute atomic E-state index is 0.0146. The van der Waals surface area contributed by atoms with E-state index in [9.17, 15) is 4.79 Å². The van der Waals surface area contributed by atoms with Crippen molar-refractivity contribution in [3.8, 4) is 5.75 Å². The van der Waals surface area contributed by atoms with E-state index in [0.29, 0.717) is 5.75 Å². The van der Waals surface area contributed by atoms with Crippen LogP contribution in [0.25, 0.3) is 0 Å². The average molecular weight is 208 g/mol. The first kappa shape index (κ1) is 11.6. The molecule has 0 aliphatic heterocycles. The second-order valence-electron chi connectivity index (χ2n) is 3.47. The molecule has 82 valence electrons. The Morgan fingerprint density at radius 3 is 2.73 bits per heavy atom. The monoisotopic (exact) mass is 208 g/mol. The summed E-state index contributed by atoms with van der Waals surface area (Å²) in [7, 11) is 1.56. The molecule has 1 aromatic carbocycles. The van der Waals surface area contributed by atoms with Gasteiger partial charge >= 0.3 is 5.97 Å². The van der Waals surface area contributed by atoms with Crippen LogP contribution in [0.15, 0.2) is 18.2 Å². The summed E-state index contributed by atoms with van der Waals surface area (Å²) < 4.78 is 5.12. The lowest BCUT2D eigenvalue weighted by Crippen LogP contribution is -2.03. The van der Waals surface area contributed by atoms with Crippen molar-refractivity contribution in [2.75, 3.05) is 7.11 Å². The van der Waals surface area contributed by atoms with Crippen molar-refractivity contribution >= 4 is 5.97 Å². The first-order chi connectivity index (χ1) is 7.17. The highest BCUT2D eigenvalue weighted by atomic mass is 16.5. The SMILES string of the molecule is CCCc1ccc(OC)c(CC(=O)O)c1. The second kappa shape index (κ2) is 5.39. The molecular formula is C12H16O3. The maximum absolute atomic E-state index is 10.7. The number of rotatable bonds is 5. The van der Waals surface area contributed by atoms with Crippen LogP contribution < -0.4 is 4.74 Å². The van der Waals surface area contributed by atoms with E-state index in [1.807, 2.05) is 18.2 Å². The molecule has 0 fully saturated rings. The molecule has 1 aromatic rings. The molecule has 0 amide bonds. The number of hydrogen-bond acceptors (Lipinski definition) is 2. The zero-order valence-electron chi connectivity index (χ0n) is 9.12. The van der Waals surface area contributed by atoms with Crippen molar-refractivity contribution in [1.82, 2.24) is 0 Å². The fourth-order valence-electron chi connectivity index (χ4n) is 1.58. The van der Waals surface area contributed by atoms with Gasteiger partial charge in [-0.1, -0.05) is 25.5 Å². The smallest absolute Gasteiger partial charge is 0.307 e. The molecule has 0 aromatic heterocycles. The molecule has 1 rings (SSSR count). The van der Waals surface area contributed by atoms with Crippen molar-refractivity contribution in [3.05, 3.63) is 29.3 Å². The summed E-state index contributed by atoms with van der Waals surface area (Å²) in [5.41, 5.74) is 1.91. The van der Waals surface area contributed by atoms with Gasteiger partial charge < -0.3 is 9.84 Å². The molecule has 0 unspecified atom stereocenters. The molecule has 3 heteroatoms. The van der Waals surface area contributed by atoms with Crippen LogP contribution in [0.5, 0.6) is 5.75 Å². The number of carboxylic acids is 1. The average Bonchev–Trinajstić information content (AvgIpc) is 2.18. The quantitative estimate of drug-likeness (QED) is 0.807. The largest absolute Gasteiger partial charge is 0.496 e. The van der Waals surface area contributed by atoms with Crippen LogP contribution in [0.2, 0.25) is 0 Å². The third kappa shape index (κ3) is 3.27. The van der Waals surface area contributed by atoms with Crippen LogP contribution >= 0.6 is 0 Å². The molecule has 0 aliphatic carbocycles. The molecule has 0 bridgehead atoms. The Kier molecular flexibility index (Phi) is 4.16. The van der Waals surface area contributed by atoms with E-state index in [1.165, 1.54) is 0 Å². The lowest BCUT2D eigenvalue weighted by molar-refractivity contribution is -0.136. The van der Waals surface area contributed by atoms with Crippen molar-refractivity contribution in [2.24, 2.45) is 0 Å². The van der Waals surface area contributed by atoms with Crippen LogP contribution in [-0.4, -0.2) is 18.2 Å². The van der Waals surface area contributed by atoms with E-state index < -0.39 is 5.97 Å². The highest BCUT2D eigenvalue weighted by Crippen LogP contribution is 2.21. The summed E-state index contributed by atoms with van der Waals surface area (Å²) >= 11 is 0. The molecule has 0 spiro atoms. The number of benzene rings is 1. The minimum atomic E-state index is -0.832. The predicted octanol–water partition coefficient (Wildman–Crippen LogP) is 2.27. The Labute approximate surface area is 89.7 Å². The summed E-state index contributed by atoms with van der Waals surface area (Å²) in [6, 6.07) is 5.73. The number of carboxylic acid groups (broad SMARTS) is 1. The Hall–Kier alpha value is -1.51. The summed E-state index contributed by atoms with van der Waals surface area (Å²) in [4.78, 5) is 10.7. The molecule has 3 nitrogen and oxygen atoms in total. The molecule has 0 atom stereocenters. The maximum Gasteiger partial charge on any atom is 0.307 e. The third-order valence-electron chi connectivity index (χ3n) is 2.23. The highest BCUT2D eigenvalue weighted by molar-refractivity contribution is 5.71. The number of ether oxygens (including phenoxy) is 1. The molecule has 0 heterocycles. The molecule has 1 N–H and O–H groups in total. The van der Waals surface area contributed by atoms with E-state index in [-0.39, 0.29) is 6.42 Å². The first-order valence-corrected chi connectivity index (χ1v) is 5.05. The Balaban J connectivity index is 2.96. The lowest BCUT2D eigenvalue weighted by Gasteiger charge is -2.08. The Bertz CT molecular complexity index is 345. The van der Waals surface area contributed by atoms with Crippen LogP contribution in [0.1, 0.15) is 24.5 Å². The number of aliphatic carboxylic acids is 1. The van der Waals surface area contributed by atoms with E-state index >= 15 is 0 Å². The van der Waals surface area contributed by atoms with Gasteiger partial charge in [0.25, 0.3) is 0 Å². The van der Waals surface area contributed by atoms with Crippen LogP contribution in [0.3, 0.4) is 0 Å². The fourth-order valence-corrected chi connectivity index (χ4v) is 1.58. The van der Waals surface area contributed by atoms with Gasteiger partial charge in [-0.25, -0.2) is 0 Å². The van der Waals surface area contributed by atoms with Gasteiger partial charge in [0, 0.05) is 5.56 Å². The Morgan fingerprint density at radius 1 is 1.47 bits per heavy atom. The summed E-state index contributed by atoms with van der Waals surface area (Å²) in [5.74, 6) is -0.181. The number of aryl methyl sites for hydroxylation is 1. The van der Waals surface area contributed by atoms with Crippen molar-refractivity contribution < 1.29 is 14.6 Å². The third-order valence-corrected chi connectivity index (χ3v) is 2.23. The molecule has 0 aliphatic rings. The van der Waals surface area contributed by atoms with Gasteiger partial charge in [-0.15, -0.1) is 0 Å². The van der Waals surface area contributed by atoms with E-state index in [0.717, 1.165) is 24.0 Å². The van der Waals surface area contributed by atoms with Gasteiger partial charge in [0.05, 0.1) is 13.5 Å². The summed E-state index contributed by atoms with van der Waals surface area (Å²) in [6.07, 6.45) is 2.04. The molecular weight excluding hydrogens is 192 g/mol. The topological polar surface area (TPSA) is 46.5 Å². The van der Waals surface area contributed by atoms with Crippen LogP contribution in [-0.2, 0) is 17.6 Å². The van der Waals surface area contributed by atoms with Crippen LogP contribution in [0, 0.1) is 0 Å². The maximum atomic E-state index is 10.7. The van der Waals surface area contributed by atoms with Gasteiger partial charge in [0.15, 0.2) is 0 Å². The number of methoxy groups -OCH3 is 1.